The summed E-state index contributed by atoms with van der Waals surface area (Å²) in [5.41, 5.74) is 2.86. The maximum atomic E-state index is 12.2. The Bertz CT molecular complexity index is 853. The Balaban J connectivity index is 1.40. The molecule has 7 nitrogen and oxygen atoms in total. The lowest BCUT2D eigenvalue weighted by molar-refractivity contribution is 0.0472. The first-order valence-corrected chi connectivity index (χ1v) is 7.97. The molecule has 1 fully saturated rings. The van der Waals surface area contributed by atoms with Crippen LogP contribution in [0, 0.1) is 0 Å². The average Bonchev–Trinajstić information content (AvgIpc) is 3.31. The van der Waals surface area contributed by atoms with Crippen LogP contribution in [0.1, 0.15) is 28.8 Å². The van der Waals surface area contributed by atoms with Crippen LogP contribution in [0.15, 0.2) is 36.5 Å². The zero-order chi connectivity index (χ0) is 16.4. The van der Waals surface area contributed by atoms with Crippen molar-refractivity contribution in [2.75, 3.05) is 18.0 Å². The molecule has 0 unspecified atom stereocenters. The van der Waals surface area contributed by atoms with Crippen LogP contribution < -0.4 is 4.90 Å². The van der Waals surface area contributed by atoms with Crippen molar-refractivity contribution in [1.82, 2.24) is 20.4 Å². The second-order valence-corrected chi connectivity index (χ2v) is 5.82. The highest BCUT2D eigenvalue weighted by molar-refractivity contribution is 5.89. The van der Waals surface area contributed by atoms with E-state index in [9.17, 15) is 4.79 Å². The van der Waals surface area contributed by atoms with Gasteiger partial charge >= 0.3 is 5.97 Å². The van der Waals surface area contributed by atoms with E-state index in [4.69, 9.17) is 4.74 Å². The molecule has 0 amide bonds. The predicted octanol–water partition coefficient (Wildman–Crippen LogP) is 2.31. The number of hydrogen-bond acceptors (Lipinski definition) is 6. The van der Waals surface area contributed by atoms with E-state index in [0.717, 1.165) is 35.5 Å². The minimum atomic E-state index is -0.379. The van der Waals surface area contributed by atoms with Crippen molar-refractivity contribution in [3.05, 3.63) is 47.7 Å². The van der Waals surface area contributed by atoms with Gasteiger partial charge in [-0.05, 0) is 42.7 Å². The first kappa shape index (κ1) is 14.6. The van der Waals surface area contributed by atoms with Gasteiger partial charge in [-0.3, -0.25) is 0 Å². The number of carbonyl (C=O) groups excluding carboxylic acids is 1. The van der Waals surface area contributed by atoms with Gasteiger partial charge in [-0.1, -0.05) is 6.07 Å². The minimum Gasteiger partial charge on any atom is -0.457 e. The molecule has 0 aliphatic carbocycles. The standard InChI is InChI=1S/C17H17N5O2/c23-17(13-4-6-16(18-10-13)22-7-1-2-8-22)24-11-12-3-5-14-15(9-12)20-21-19-14/h3-6,9-10H,1-2,7-8,11H2,(H,19,20,21). The van der Waals surface area contributed by atoms with Gasteiger partial charge in [0.1, 0.15) is 23.5 Å². The molecule has 122 valence electrons. The number of aromatic nitrogens is 4. The number of ether oxygens (including phenoxy) is 1. The lowest BCUT2D eigenvalue weighted by Crippen LogP contribution is -2.19. The van der Waals surface area contributed by atoms with Crippen LogP contribution in [0.25, 0.3) is 11.0 Å². The van der Waals surface area contributed by atoms with Crippen molar-refractivity contribution in [3.63, 3.8) is 0 Å². The Morgan fingerprint density at radius 3 is 2.75 bits per heavy atom. The molecule has 4 rings (SSSR count). The predicted molar refractivity (Wildman–Crippen MR) is 88.7 cm³/mol. The molecule has 24 heavy (non-hydrogen) atoms. The zero-order valence-electron chi connectivity index (χ0n) is 13.1. The molecule has 1 aromatic carbocycles. The highest BCUT2D eigenvalue weighted by Crippen LogP contribution is 2.18. The van der Waals surface area contributed by atoms with Gasteiger partial charge in [0.2, 0.25) is 0 Å². The third kappa shape index (κ3) is 2.92. The van der Waals surface area contributed by atoms with E-state index < -0.39 is 0 Å². The number of rotatable bonds is 4. The Hall–Kier alpha value is -2.96. The number of pyridine rings is 1. The topological polar surface area (TPSA) is 84.0 Å². The van der Waals surface area contributed by atoms with Gasteiger partial charge in [-0.2, -0.15) is 15.4 Å². The van der Waals surface area contributed by atoms with Gasteiger partial charge in [0.25, 0.3) is 0 Å². The van der Waals surface area contributed by atoms with Gasteiger partial charge < -0.3 is 9.64 Å². The summed E-state index contributed by atoms with van der Waals surface area (Å²) in [5, 5.41) is 10.6. The number of fused-ring (bicyclic) bond motifs is 1. The summed E-state index contributed by atoms with van der Waals surface area (Å²) in [6, 6.07) is 9.20. The molecule has 7 heteroatoms. The van der Waals surface area contributed by atoms with Crippen molar-refractivity contribution in [2.24, 2.45) is 0 Å². The lowest BCUT2D eigenvalue weighted by Gasteiger charge is -2.16. The van der Waals surface area contributed by atoms with Crippen molar-refractivity contribution in [2.45, 2.75) is 19.4 Å². The number of anilines is 1. The number of nitrogens with zero attached hydrogens (tertiary/aromatic N) is 4. The number of esters is 1. The second kappa shape index (κ2) is 6.27. The van der Waals surface area contributed by atoms with E-state index in [1.807, 2.05) is 24.3 Å². The smallest absolute Gasteiger partial charge is 0.340 e. The molecule has 0 spiro atoms. The van der Waals surface area contributed by atoms with E-state index in [1.165, 1.54) is 12.8 Å². The maximum Gasteiger partial charge on any atom is 0.340 e. The molecule has 0 radical (unpaired) electrons. The van der Waals surface area contributed by atoms with Gasteiger partial charge in [-0.25, -0.2) is 9.78 Å². The summed E-state index contributed by atoms with van der Waals surface area (Å²) in [4.78, 5) is 18.8. The van der Waals surface area contributed by atoms with Crippen molar-refractivity contribution in [3.8, 4) is 0 Å². The number of aromatic amines is 1. The summed E-state index contributed by atoms with van der Waals surface area (Å²) in [6.07, 6.45) is 3.97. The summed E-state index contributed by atoms with van der Waals surface area (Å²) in [5.74, 6) is 0.538. The van der Waals surface area contributed by atoms with E-state index in [1.54, 1.807) is 12.3 Å². The normalized spacial score (nSPS) is 14.2. The van der Waals surface area contributed by atoms with Crippen LogP contribution in [0.4, 0.5) is 5.82 Å². The molecule has 3 heterocycles. The molecule has 2 aromatic heterocycles. The van der Waals surface area contributed by atoms with E-state index in [2.05, 4.69) is 25.3 Å². The van der Waals surface area contributed by atoms with Crippen LogP contribution in [0.3, 0.4) is 0 Å². The van der Waals surface area contributed by atoms with Gasteiger partial charge in [0, 0.05) is 19.3 Å². The third-order valence-corrected chi connectivity index (χ3v) is 4.16. The second-order valence-electron chi connectivity index (χ2n) is 5.82. The molecule has 1 N–H and O–H groups in total. The molecular formula is C17H17N5O2. The van der Waals surface area contributed by atoms with Crippen molar-refractivity contribution >= 4 is 22.8 Å². The minimum absolute atomic E-state index is 0.190. The Kier molecular flexibility index (Phi) is 3.82. The van der Waals surface area contributed by atoms with Gasteiger partial charge in [0.15, 0.2) is 0 Å². The van der Waals surface area contributed by atoms with Crippen LogP contribution in [0.2, 0.25) is 0 Å². The van der Waals surface area contributed by atoms with Crippen LogP contribution in [-0.2, 0) is 11.3 Å². The summed E-state index contributed by atoms with van der Waals surface area (Å²) in [7, 11) is 0. The van der Waals surface area contributed by atoms with E-state index in [0.29, 0.717) is 5.56 Å². The highest BCUT2D eigenvalue weighted by Gasteiger charge is 2.15. The molecule has 1 aliphatic heterocycles. The first-order chi connectivity index (χ1) is 11.8. The van der Waals surface area contributed by atoms with Crippen LogP contribution in [-0.4, -0.2) is 39.5 Å². The fourth-order valence-electron chi connectivity index (χ4n) is 2.85. The summed E-state index contributed by atoms with van der Waals surface area (Å²) < 4.78 is 5.35. The first-order valence-electron chi connectivity index (χ1n) is 7.97. The van der Waals surface area contributed by atoms with E-state index >= 15 is 0 Å². The van der Waals surface area contributed by atoms with E-state index in [-0.39, 0.29) is 12.6 Å². The van der Waals surface area contributed by atoms with Crippen molar-refractivity contribution < 1.29 is 9.53 Å². The maximum absolute atomic E-state index is 12.2. The highest BCUT2D eigenvalue weighted by atomic mass is 16.5. The molecule has 3 aromatic rings. The molecule has 0 saturated carbocycles. The van der Waals surface area contributed by atoms with Gasteiger partial charge in [0.05, 0.1) is 5.56 Å². The summed E-state index contributed by atoms with van der Waals surface area (Å²) >= 11 is 0. The molecule has 1 saturated heterocycles. The largest absolute Gasteiger partial charge is 0.457 e. The fourth-order valence-corrected chi connectivity index (χ4v) is 2.85. The van der Waals surface area contributed by atoms with Crippen LogP contribution >= 0.6 is 0 Å². The molecule has 1 aliphatic rings. The monoisotopic (exact) mass is 323 g/mol. The quantitative estimate of drug-likeness (QED) is 0.742. The number of H-pyrrole nitrogens is 1. The number of nitrogens with one attached hydrogen (secondary N) is 1. The average molecular weight is 323 g/mol. The lowest BCUT2D eigenvalue weighted by atomic mass is 10.2. The fraction of sp³-hybridized carbons (Fsp3) is 0.294. The Morgan fingerprint density at radius 2 is 1.96 bits per heavy atom. The number of benzene rings is 1. The van der Waals surface area contributed by atoms with Gasteiger partial charge in [-0.15, -0.1) is 0 Å². The number of carbonyl (C=O) groups is 1. The molecule has 0 atom stereocenters. The van der Waals surface area contributed by atoms with Crippen LogP contribution in [0.5, 0.6) is 0 Å². The Labute approximate surface area is 138 Å². The Morgan fingerprint density at radius 1 is 1.12 bits per heavy atom. The zero-order valence-corrected chi connectivity index (χ0v) is 13.1. The SMILES string of the molecule is O=C(OCc1ccc2n[nH]nc2c1)c1ccc(N2CCCC2)nc1. The molecular weight excluding hydrogens is 306 g/mol. The van der Waals surface area contributed by atoms with Crippen molar-refractivity contribution in [1.29, 1.82) is 0 Å². The summed E-state index contributed by atoms with van der Waals surface area (Å²) in [6.45, 7) is 2.25. The number of hydrogen-bond donors (Lipinski definition) is 1. The molecule has 0 bridgehead atoms. The third-order valence-electron chi connectivity index (χ3n) is 4.16.